The van der Waals surface area contributed by atoms with E-state index in [-0.39, 0.29) is 12.5 Å². The average molecular weight is 354 g/mol. The summed E-state index contributed by atoms with van der Waals surface area (Å²) in [5.74, 6) is -0.460. The molecule has 0 heterocycles. The van der Waals surface area contributed by atoms with Gasteiger partial charge in [-0.2, -0.15) is 0 Å². The van der Waals surface area contributed by atoms with Crippen LogP contribution >= 0.6 is 15.9 Å². The third-order valence-electron chi connectivity index (χ3n) is 4.36. The average Bonchev–Trinajstić information content (AvgIpc) is 2.46. The Kier molecular flexibility index (Phi) is 5.04. The summed E-state index contributed by atoms with van der Waals surface area (Å²) in [6, 6.07) is 7.08. The summed E-state index contributed by atoms with van der Waals surface area (Å²) in [4.78, 5) is 23.8. The van der Waals surface area contributed by atoms with Crippen molar-refractivity contribution in [1.29, 1.82) is 0 Å². The Balaban J connectivity index is 2.02. The molecule has 1 aromatic rings. The van der Waals surface area contributed by atoms with Crippen molar-refractivity contribution in [3.63, 3.8) is 0 Å². The van der Waals surface area contributed by atoms with E-state index in [1.807, 2.05) is 6.07 Å². The molecule has 1 amide bonds. The van der Waals surface area contributed by atoms with E-state index in [4.69, 9.17) is 0 Å². The molecule has 0 atom stereocenters. The molecule has 2 N–H and O–H groups in total. The molecule has 1 aliphatic rings. The number of carbonyl (C=O) groups is 2. The Bertz CT molecular complexity index is 536. The van der Waals surface area contributed by atoms with Crippen molar-refractivity contribution in [3.05, 3.63) is 34.3 Å². The summed E-state index contributed by atoms with van der Waals surface area (Å²) in [5.41, 5.74) is -0.275. The topological polar surface area (TPSA) is 66.4 Å². The van der Waals surface area contributed by atoms with Crippen LogP contribution in [0.4, 0.5) is 0 Å². The van der Waals surface area contributed by atoms with Gasteiger partial charge < -0.3 is 10.4 Å². The Hall–Kier alpha value is -1.36. The molecule has 0 saturated heterocycles. The first-order valence-electron chi connectivity index (χ1n) is 7.20. The quantitative estimate of drug-likeness (QED) is 0.870. The lowest BCUT2D eigenvalue weighted by atomic mass is 9.71. The van der Waals surface area contributed by atoms with Crippen LogP contribution in [0, 0.1) is 11.3 Å². The van der Waals surface area contributed by atoms with E-state index in [2.05, 4.69) is 28.2 Å². The van der Waals surface area contributed by atoms with Crippen LogP contribution < -0.4 is 5.32 Å². The van der Waals surface area contributed by atoms with Crippen molar-refractivity contribution in [2.75, 3.05) is 6.54 Å². The monoisotopic (exact) mass is 353 g/mol. The van der Waals surface area contributed by atoms with Gasteiger partial charge in [0, 0.05) is 16.6 Å². The highest BCUT2D eigenvalue weighted by Crippen LogP contribution is 2.38. The highest BCUT2D eigenvalue weighted by Gasteiger charge is 2.41. The van der Waals surface area contributed by atoms with Gasteiger partial charge in [0.1, 0.15) is 0 Å². The lowest BCUT2D eigenvalue weighted by molar-refractivity contribution is -0.151. The van der Waals surface area contributed by atoms with Crippen LogP contribution in [0.15, 0.2) is 28.7 Å². The zero-order valence-corrected chi connectivity index (χ0v) is 13.6. The number of rotatable bonds is 4. The number of nitrogens with one attached hydrogen (secondary N) is 1. The second kappa shape index (κ2) is 6.60. The van der Waals surface area contributed by atoms with Crippen LogP contribution in [0.1, 0.15) is 43.0 Å². The molecule has 1 fully saturated rings. The van der Waals surface area contributed by atoms with E-state index in [0.29, 0.717) is 24.3 Å². The van der Waals surface area contributed by atoms with Gasteiger partial charge in [0.15, 0.2) is 0 Å². The summed E-state index contributed by atoms with van der Waals surface area (Å²) >= 11 is 3.32. The molecule has 0 aliphatic heterocycles. The zero-order valence-electron chi connectivity index (χ0n) is 12.1. The first-order chi connectivity index (χ1) is 9.93. The molecular formula is C16H20BrNO3. The number of hydrogen-bond acceptors (Lipinski definition) is 2. The maximum Gasteiger partial charge on any atom is 0.311 e. The van der Waals surface area contributed by atoms with Crippen LogP contribution in [0.2, 0.25) is 0 Å². The predicted octanol–water partition coefficient (Wildman–Crippen LogP) is 3.46. The van der Waals surface area contributed by atoms with E-state index in [1.165, 1.54) is 0 Å². The fraction of sp³-hybridized carbons (Fsp3) is 0.500. The molecule has 0 aromatic heterocycles. The summed E-state index contributed by atoms with van der Waals surface area (Å²) in [6.07, 6.45) is 3.06. The molecule has 4 nitrogen and oxygen atoms in total. The Morgan fingerprint density at radius 1 is 1.38 bits per heavy atom. The van der Waals surface area contributed by atoms with Crippen LogP contribution in [0.5, 0.6) is 0 Å². The molecular weight excluding hydrogens is 334 g/mol. The number of benzene rings is 1. The fourth-order valence-electron chi connectivity index (χ4n) is 2.76. The van der Waals surface area contributed by atoms with E-state index < -0.39 is 11.4 Å². The Morgan fingerprint density at radius 3 is 2.62 bits per heavy atom. The molecule has 1 aromatic carbocycles. The molecule has 21 heavy (non-hydrogen) atoms. The SMILES string of the molecule is CC1CCC(CNC(=O)c2cccc(Br)c2)(C(=O)O)CC1. The van der Waals surface area contributed by atoms with E-state index in [9.17, 15) is 14.7 Å². The van der Waals surface area contributed by atoms with Gasteiger partial charge in [0.2, 0.25) is 0 Å². The molecule has 0 spiro atoms. The highest BCUT2D eigenvalue weighted by atomic mass is 79.9. The van der Waals surface area contributed by atoms with Gasteiger partial charge in [-0.1, -0.05) is 28.9 Å². The van der Waals surface area contributed by atoms with Crippen molar-refractivity contribution >= 4 is 27.8 Å². The van der Waals surface area contributed by atoms with E-state index in [0.717, 1.165) is 17.3 Å². The summed E-state index contributed by atoms with van der Waals surface area (Å²) in [7, 11) is 0. The van der Waals surface area contributed by atoms with E-state index in [1.54, 1.807) is 18.2 Å². The van der Waals surface area contributed by atoms with Crippen LogP contribution in [0.3, 0.4) is 0 Å². The number of carbonyl (C=O) groups excluding carboxylic acids is 1. The third-order valence-corrected chi connectivity index (χ3v) is 4.85. The minimum atomic E-state index is -0.811. The smallest absolute Gasteiger partial charge is 0.311 e. The first-order valence-corrected chi connectivity index (χ1v) is 7.99. The molecule has 2 rings (SSSR count). The highest BCUT2D eigenvalue weighted by molar-refractivity contribution is 9.10. The second-order valence-corrected chi connectivity index (χ2v) is 6.88. The maximum atomic E-state index is 12.1. The molecule has 5 heteroatoms. The van der Waals surface area contributed by atoms with Gasteiger partial charge in [-0.3, -0.25) is 9.59 Å². The molecule has 0 bridgehead atoms. The van der Waals surface area contributed by atoms with Gasteiger partial charge in [0.05, 0.1) is 5.41 Å². The fourth-order valence-corrected chi connectivity index (χ4v) is 3.16. The van der Waals surface area contributed by atoms with Crippen LogP contribution in [0.25, 0.3) is 0 Å². The van der Waals surface area contributed by atoms with E-state index >= 15 is 0 Å². The Morgan fingerprint density at radius 2 is 2.05 bits per heavy atom. The number of carboxylic acid groups (broad SMARTS) is 1. The van der Waals surface area contributed by atoms with Crippen molar-refractivity contribution in [2.45, 2.75) is 32.6 Å². The lowest BCUT2D eigenvalue weighted by Crippen LogP contribution is -2.45. The molecule has 0 unspecified atom stereocenters. The lowest BCUT2D eigenvalue weighted by Gasteiger charge is -2.35. The van der Waals surface area contributed by atoms with Crippen molar-refractivity contribution in [2.24, 2.45) is 11.3 Å². The van der Waals surface area contributed by atoms with Crippen molar-refractivity contribution < 1.29 is 14.7 Å². The molecule has 1 saturated carbocycles. The number of aliphatic carboxylic acids is 1. The summed E-state index contributed by atoms with van der Waals surface area (Å²) < 4.78 is 0.828. The molecule has 114 valence electrons. The summed E-state index contributed by atoms with van der Waals surface area (Å²) in [5, 5.41) is 12.3. The van der Waals surface area contributed by atoms with Crippen molar-refractivity contribution in [1.82, 2.24) is 5.32 Å². The second-order valence-electron chi connectivity index (χ2n) is 5.96. The minimum absolute atomic E-state index is 0.195. The van der Waals surface area contributed by atoms with Gasteiger partial charge in [-0.05, 0) is 49.8 Å². The van der Waals surface area contributed by atoms with Gasteiger partial charge in [-0.15, -0.1) is 0 Å². The van der Waals surface area contributed by atoms with Crippen LogP contribution in [-0.2, 0) is 4.79 Å². The first kappa shape index (κ1) is 16.0. The third kappa shape index (κ3) is 3.84. The Labute approximate surface area is 133 Å². The minimum Gasteiger partial charge on any atom is -0.481 e. The van der Waals surface area contributed by atoms with Gasteiger partial charge in [-0.25, -0.2) is 0 Å². The molecule has 0 radical (unpaired) electrons. The predicted molar refractivity (Wildman–Crippen MR) is 84.2 cm³/mol. The number of amides is 1. The maximum absolute atomic E-state index is 12.1. The zero-order chi connectivity index (χ0) is 15.5. The van der Waals surface area contributed by atoms with Gasteiger partial charge in [0.25, 0.3) is 5.91 Å². The standard InChI is InChI=1S/C16H20BrNO3/c1-11-5-7-16(8-6-11,15(20)21)10-18-14(19)12-3-2-4-13(17)9-12/h2-4,9,11H,5-8,10H2,1H3,(H,18,19)(H,20,21). The van der Waals surface area contributed by atoms with Crippen LogP contribution in [-0.4, -0.2) is 23.5 Å². The number of halogens is 1. The molecule has 1 aliphatic carbocycles. The number of carboxylic acids is 1. The van der Waals surface area contributed by atoms with Gasteiger partial charge >= 0.3 is 5.97 Å². The van der Waals surface area contributed by atoms with Crippen molar-refractivity contribution in [3.8, 4) is 0 Å². The normalized spacial score (nSPS) is 25.3. The summed E-state index contributed by atoms with van der Waals surface area (Å²) in [6.45, 7) is 2.34. The largest absolute Gasteiger partial charge is 0.481 e. The number of hydrogen-bond donors (Lipinski definition) is 2.